The quantitative estimate of drug-likeness (QED) is 0.811. The van der Waals surface area contributed by atoms with Crippen LogP contribution >= 0.6 is 0 Å². The number of nitrogens with one attached hydrogen (secondary N) is 1. The Hall–Kier alpha value is -0.0900. The summed E-state index contributed by atoms with van der Waals surface area (Å²) in [7, 11) is -3.05. The van der Waals surface area contributed by atoms with Gasteiger partial charge >= 0.3 is 0 Å². The zero-order valence-corrected chi connectivity index (χ0v) is 15.6. The van der Waals surface area contributed by atoms with Crippen molar-refractivity contribution in [2.45, 2.75) is 90.2 Å². The molecule has 0 spiro atoms. The fourth-order valence-corrected chi connectivity index (χ4v) is 5.62. The van der Waals surface area contributed by atoms with Crippen LogP contribution in [0.5, 0.6) is 0 Å². The van der Waals surface area contributed by atoms with Gasteiger partial charge in [0.25, 0.3) is 0 Å². The fourth-order valence-electron chi connectivity index (χ4n) is 3.37. The topological polar surface area (TPSA) is 46.2 Å². The lowest BCUT2D eigenvalue weighted by molar-refractivity contribution is 0.162. The molecule has 1 rings (SSSR count). The van der Waals surface area contributed by atoms with Gasteiger partial charge in [-0.25, -0.2) is 8.42 Å². The standard InChI is InChI=1S/C17H35NO2S/c1-7-11-18-15-10-9-14(17(4,5)6)12-16(15)21(19,20)13(3)8-2/h13-16,18H,7-12H2,1-6H3. The van der Waals surface area contributed by atoms with E-state index in [4.69, 9.17) is 0 Å². The van der Waals surface area contributed by atoms with Crippen molar-refractivity contribution in [1.82, 2.24) is 5.32 Å². The molecule has 4 unspecified atom stereocenters. The summed E-state index contributed by atoms with van der Waals surface area (Å²) >= 11 is 0. The highest BCUT2D eigenvalue weighted by atomic mass is 32.2. The van der Waals surface area contributed by atoms with Gasteiger partial charge in [0.1, 0.15) is 0 Å². The maximum Gasteiger partial charge on any atom is 0.157 e. The van der Waals surface area contributed by atoms with Crippen molar-refractivity contribution in [1.29, 1.82) is 0 Å². The molecule has 1 fully saturated rings. The zero-order valence-electron chi connectivity index (χ0n) is 14.8. The Morgan fingerprint density at radius 3 is 2.29 bits per heavy atom. The van der Waals surface area contributed by atoms with Crippen molar-refractivity contribution >= 4 is 9.84 Å². The van der Waals surface area contributed by atoms with Crippen LogP contribution in [0.3, 0.4) is 0 Å². The van der Waals surface area contributed by atoms with Crippen LogP contribution in [-0.4, -0.2) is 31.5 Å². The van der Waals surface area contributed by atoms with Gasteiger partial charge < -0.3 is 5.32 Å². The van der Waals surface area contributed by atoms with Crippen molar-refractivity contribution in [2.24, 2.45) is 11.3 Å². The molecule has 0 bridgehead atoms. The Bertz CT molecular complexity index is 411. The molecular weight excluding hydrogens is 282 g/mol. The zero-order chi connectivity index (χ0) is 16.3. The molecule has 1 N–H and O–H groups in total. The normalized spacial score (nSPS) is 29.3. The Morgan fingerprint density at radius 1 is 1.19 bits per heavy atom. The highest BCUT2D eigenvalue weighted by Gasteiger charge is 2.43. The van der Waals surface area contributed by atoms with Gasteiger partial charge in [-0.3, -0.25) is 0 Å². The summed E-state index contributed by atoms with van der Waals surface area (Å²) < 4.78 is 25.8. The molecule has 1 aliphatic carbocycles. The van der Waals surface area contributed by atoms with E-state index in [1.54, 1.807) is 0 Å². The summed E-state index contributed by atoms with van der Waals surface area (Å²) in [5.41, 5.74) is 0.193. The molecule has 0 aromatic rings. The first-order valence-corrected chi connectivity index (χ1v) is 10.2. The van der Waals surface area contributed by atoms with E-state index in [9.17, 15) is 8.42 Å². The molecule has 3 nitrogen and oxygen atoms in total. The van der Waals surface area contributed by atoms with E-state index in [1.807, 2.05) is 13.8 Å². The van der Waals surface area contributed by atoms with E-state index in [2.05, 4.69) is 33.0 Å². The Morgan fingerprint density at radius 2 is 1.81 bits per heavy atom. The van der Waals surface area contributed by atoms with Gasteiger partial charge in [-0.1, -0.05) is 34.6 Å². The van der Waals surface area contributed by atoms with Crippen LogP contribution in [0.15, 0.2) is 0 Å². The smallest absolute Gasteiger partial charge is 0.157 e. The lowest BCUT2D eigenvalue weighted by Crippen LogP contribution is -2.51. The minimum atomic E-state index is -3.05. The molecule has 4 atom stereocenters. The van der Waals surface area contributed by atoms with E-state index < -0.39 is 9.84 Å². The van der Waals surface area contributed by atoms with Crippen LogP contribution in [0.4, 0.5) is 0 Å². The molecule has 126 valence electrons. The number of rotatable bonds is 6. The SMILES string of the molecule is CCCNC1CCC(C(C)(C)C)CC1S(=O)(=O)C(C)CC. The molecule has 0 saturated heterocycles. The Balaban J connectivity index is 2.98. The molecule has 21 heavy (non-hydrogen) atoms. The van der Waals surface area contributed by atoms with Crippen LogP contribution < -0.4 is 5.32 Å². The largest absolute Gasteiger partial charge is 0.313 e. The summed E-state index contributed by atoms with van der Waals surface area (Å²) in [6, 6.07) is 0.141. The molecule has 0 aliphatic heterocycles. The lowest BCUT2D eigenvalue weighted by Gasteiger charge is -2.42. The second kappa shape index (κ2) is 7.45. The molecule has 0 radical (unpaired) electrons. The highest BCUT2D eigenvalue weighted by molar-refractivity contribution is 7.92. The van der Waals surface area contributed by atoms with Crippen LogP contribution in [0, 0.1) is 11.3 Å². The molecule has 0 amide bonds. The van der Waals surface area contributed by atoms with Gasteiger partial charge in [0, 0.05) is 6.04 Å². The molecular formula is C17H35NO2S. The second-order valence-electron chi connectivity index (χ2n) is 7.78. The first-order chi connectivity index (χ1) is 9.64. The molecule has 0 aromatic carbocycles. The first-order valence-electron chi connectivity index (χ1n) is 8.60. The summed E-state index contributed by atoms with van der Waals surface area (Å²) in [5, 5.41) is 3.06. The van der Waals surface area contributed by atoms with E-state index in [0.29, 0.717) is 12.3 Å². The van der Waals surface area contributed by atoms with Crippen molar-refractivity contribution in [3.63, 3.8) is 0 Å². The van der Waals surface area contributed by atoms with Gasteiger partial charge in [-0.05, 0) is 56.9 Å². The second-order valence-corrected chi connectivity index (χ2v) is 10.4. The molecule has 0 aromatic heterocycles. The van der Waals surface area contributed by atoms with Gasteiger partial charge in [-0.2, -0.15) is 0 Å². The predicted molar refractivity (Wildman–Crippen MR) is 91.3 cm³/mol. The average molecular weight is 318 g/mol. The van der Waals surface area contributed by atoms with Gasteiger partial charge in [0.15, 0.2) is 9.84 Å². The number of hydrogen-bond acceptors (Lipinski definition) is 3. The van der Waals surface area contributed by atoms with E-state index in [0.717, 1.165) is 32.2 Å². The van der Waals surface area contributed by atoms with E-state index >= 15 is 0 Å². The molecule has 1 saturated carbocycles. The number of hydrogen-bond donors (Lipinski definition) is 1. The van der Waals surface area contributed by atoms with Gasteiger partial charge in [-0.15, -0.1) is 0 Å². The average Bonchev–Trinajstić information content (AvgIpc) is 2.42. The summed E-state index contributed by atoms with van der Waals surface area (Å²) in [5.74, 6) is 0.501. The predicted octanol–water partition coefficient (Wildman–Crippen LogP) is 3.78. The third kappa shape index (κ3) is 4.69. The maximum absolute atomic E-state index is 12.9. The van der Waals surface area contributed by atoms with Gasteiger partial charge in [0.05, 0.1) is 10.5 Å². The Labute approximate surface area is 132 Å². The minimum Gasteiger partial charge on any atom is -0.313 e. The van der Waals surface area contributed by atoms with Crippen LogP contribution in [0.1, 0.15) is 73.6 Å². The van der Waals surface area contributed by atoms with Crippen molar-refractivity contribution in [2.75, 3.05) is 6.54 Å². The van der Waals surface area contributed by atoms with E-state index in [1.165, 1.54) is 0 Å². The van der Waals surface area contributed by atoms with Crippen LogP contribution in [0.25, 0.3) is 0 Å². The Kier molecular flexibility index (Phi) is 6.73. The summed E-state index contributed by atoms with van der Waals surface area (Å²) in [6.07, 6.45) is 4.70. The third-order valence-electron chi connectivity index (χ3n) is 5.23. The highest BCUT2D eigenvalue weighted by Crippen LogP contribution is 2.40. The maximum atomic E-state index is 12.9. The van der Waals surface area contributed by atoms with E-state index in [-0.39, 0.29) is 22.0 Å². The lowest BCUT2D eigenvalue weighted by atomic mass is 9.71. The first kappa shape index (κ1) is 19.0. The molecule has 4 heteroatoms. The van der Waals surface area contributed by atoms with Crippen molar-refractivity contribution in [3.05, 3.63) is 0 Å². The van der Waals surface area contributed by atoms with Crippen LogP contribution in [0.2, 0.25) is 0 Å². The summed E-state index contributed by atoms with van der Waals surface area (Å²) in [6.45, 7) is 13.6. The summed E-state index contributed by atoms with van der Waals surface area (Å²) in [4.78, 5) is 0. The number of sulfone groups is 1. The van der Waals surface area contributed by atoms with Crippen molar-refractivity contribution < 1.29 is 8.42 Å². The fraction of sp³-hybridized carbons (Fsp3) is 1.00. The van der Waals surface area contributed by atoms with Crippen LogP contribution in [-0.2, 0) is 9.84 Å². The van der Waals surface area contributed by atoms with Crippen molar-refractivity contribution in [3.8, 4) is 0 Å². The third-order valence-corrected chi connectivity index (χ3v) is 8.05. The minimum absolute atomic E-state index is 0.141. The molecule has 0 heterocycles. The van der Waals surface area contributed by atoms with Gasteiger partial charge in [0.2, 0.25) is 0 Å². The molecule has 1 aliphatic rings. The monoisotopic (exact) mass is 317 g/mol.